The number of hydroxylamine groups is 2. The Bertz CT molecular complexity index is 701. The van der Waals surface area contributed by atoms with E-state index in [1.807, 2.05) is 49.5 Å². The number of hydrogen-bond acceptors (Lipinski definition) is 3. The van der Waals surface area contributed by atoms with Gasteiger partial charge in [-0.05, 0) is 11.6 Å². The zero-order chi connectivity index (χ0) is 14.4. The summed E-state index contributed by atoms with van der Waals surface area (Å²) in [5, 5.41) is 4.73. The number of benzene rings is 2. The van der Waals surface area contributed by atoms with Crippen molar-refractivity contribution in [2.24, 2.45) is 0 Å². The summed E-state index contributed by atoms with van der Waals surface area (Å²) >= 11 is 0. The molecular formula is C17H16N2O2. The van der Waals surface area contributed by atoms with Gasteiger partial charge in [0.05, 0.1) is 6.04 Å². The minimum absolute atomic E-state index is 0.0723. The third kappa shape index (κ3) is 1.73. The predicted octanol–water partition coefficient (Wildman–Crippen LogP) is 2.84. The van der Waals surface area contributed by atoms with Crippen molar-refractivity contribution in [1.82, 2.24) is 5.06 Å². The summed E-state index contributed by atoms with van der Waals surface area (Å²) in [5.74, 6) is -0.0750. The van der Waals surface area contributed by atoms with Gasteiger partial charge in [0.2, 0.25) is 0 Å². The molecule has 2 heterocycles. The number of carbonyl (C=O) groups excluding carboxylic acids is 1. The Morgan fingerprint density at radius 1 is 1.14 bits per heavy atom. The number of rotatable bonds is 1. The molecule has 0 unspecified atom stereocenters. The van der Waals surface area contributed by atoms with Crippen LogP contribution < -0.4 is 5.32 Å². The van der Waals surface area contributed by atoms with Gasteiger partial charge in [0, 0.05) is 24.7 Å². The van der Waals surface area contributed by atoms with Crippen molar-refractivity contribution in [2.75, 3.05) is 12.4 Å². The Kier molecular flexibility index (Phi) is 2.64. The predicted molar refractivity (Wildman–Crippen MR) is 79.4 cm³/mol. The lowest BCUT2D eigenvalue weighted by Crippen LogP contribution is -2.34. The molecule has 4 nitrogen and oxygen atoms in total. The van der Waals surface area contributed by atoms with Gasteiger partial charge in [0.1, 0.15) is 0 Å². The Morgan fingerprint density at radius 2 is 1.86 bits per heavy atom. The summed E-state index contributed by atoms with van der Waals surface area (Å²) in [6.07, 6.45) is 0.621. The van der Waals surface area contributed by atoms with E-state index in [2.05, 4.69) is 17.4 Å². The Balaban J connectivity index is 1.77. The van der Waals surface area contributed by atoms with E-state index in [4.69, 9.17) is 4.84 Å². The van der Waals surface area contributed by atoms with E-state index in [1.165, 1.54) is 0 Å². The van der Waals surface area contributed by atoms with Crippen molar-refractivity contribution in [2.45, 2.75) is 18.1 Å². The van der Waals surface area contributed by atoms with Crippen molar-refractivity contribution in [3.63, 3.8) is 0 Å². The Labute approximate surface area is 123 Å². The maximum Gasteiger partial charge on any atom is 0.263 e. The molecule has 1 fully saturated rings. The van der Waals surface area contributed by atoms with E-state index in [0.717, 1.165) is 16.8 Å². The first-order valence-corrected chi connectivity index (χ1v) is 7.08. The molecule has 2 aliphatic rings. The van der Waals surface area contributed by atoms with E-state index in [0.29, 0.717) is 6.42 Å². The zero-order valence-corrected chi connectivity index (χ0v) is 11.7. The molecule has 1 amide bonds. The van der Waals surface area contributed by atoms with Crippen LogP contribution in [0.2, 0.25) is 0 Å². The van der Waals surface area contributed by atoms with E-state index in [9.17, 15) is 4.79 Å². The molecule has 0 aliphatic carbocycles. The highest BCUT2D eigenvalue weighted by Gasteiger charge is 2.56. The van der Waals surface area contributed by atoms with Crippen LogP contribution in [0, 0.1) is 0 Å². The van der Waals surface area contributed by atoms with Crippen LogP contribution in [-0.2, 0) is 15.2 Å². The molecular weight excluding hydrogens is 264 g/mol. The van der Waals surface area contributed by atoms with Crippen LogP contribution in [0.5, 0.6) is 0 Å². The van der Waals surface area contributed by atoms with E-state index >= 15 is 0 Å². The average Bonchev–Trinajstić information content (AvgIpc) is 3.00. The molecule has 2 aromatic carbocycles. The lowest BCUT2D eigenvalue weighted by atomic mass is 9.87. The van der Waals surface area contributed by atoms with Crippen molar-refractivity contribution in [3.8, 4) is 0 Å². The van der Waals surface area contributed by atoms with Crippen LogP contribution in [0.1, 0.15) is 23.6 Å². The average molecular weight is 280 g/mol. The molecule has 4 rings (SSSR count). The number of nitrogens with one attached hydrogen (secondary N) is 1. The number of nitrogens with zero attached hydrogens (tertiary/aromatic N) is 1. The number of hydrogen-bond donors (Lipinski definition) is 1. The summed E-state index contributed by atoms with van der Waals surface area (Å²) in [4.78, 5) is 18.6. The van der Waals surface area contributed by atoms with Gasteiger partial charge < -0.3 is 5.32 Å². The molecule has 0 saturated carbocycles. The molecule has 2 aromatic rings. The summed E-state index contributed by atoms with van der Waals surface area (Å²) in [6, 6.07) is 18.0. The lowest BCUT2D eigenvalue weighted by Gasteiger charge is -2.20. The van der Waals surface area contributed by atoms with Gasteiger partial charge in [-0.2, -0.15) is 5.06 Å². The number of carbonyl (C=O) groups is 1. The molecule has 0 aromatic heterocycles. The van der Waals surface area contributed by atoms with Gasteiger partial charge in [-0.3, -0.25) is 9.63 Å². The number of anilines is 1. The van der Waals surface area contributed by atoms with Crippen molar-refractivity contribution < 1.29 is 9.63 Å². The van der Waals surface area contributed by atoms with E-state index < -0.39 is 5.60 Å². The van der Waals surface area contributed by atoms with Gasteiger partial charge in [-0.25, -0.2) is 0 Å². The second-order valence-corrected chi connectivity index (χ2v) is 5.59. The molecule has 1 N–H and O–H groups in total. The summed E-state index contributed by atoms with van der Waals surface area (Å²) in [5.41, 5.74) is 2.05. The highest BCUT2D eigenvalue weighted by Crippen LogP contribution is 2.50. The van der Waals surface area contributed by atoms with Gasteiger partial charge >= 0.3 is 0 Å². The second-order valence-electron chi connectivity index (χ2n) is 5.59. The number of para-hydroxylation sites is 1. The SMILES string of the molecule is CN1O[C@@]2(C[C@H]1c1ccccc1)C(=O)Nc1ccccc12. The largest absolute Gasteiger partial charge is 0.323 e. The molecule has 1 saturated heterocycles. The summed E-state index contributed by atoms with van der Waals surface area (Å²) < 4.78 is 0. The van der Waals surface area contributed by atoms with Crippen LogP contribution in [0.15, 0.2) is 54.6 Å². The quantitative estimate of drug-likeness (QED) is 0.873. The second kappa shape index (κ2) is 4.41. The standard InChI is InChI=1S/C17H16N2O2/c1-19-15(12-7-3-2-4-8-12)11-17(21-19)13-9-5-6-10-14(13)18-16(17)20/h2-10,15H,11H2,1H3,(H,18,20)/t15-,17+/m0/s1. The first-order chi connectivity index (χ1) is 10.2. The number of amides is 1. The lowest BCUT2D eigenvalue weighted by molar-refractivity contribution is -0.194. The minimum atomic E-state index is -0.897. The maximum atomic E-state index is 12.5. The van der Waals surface area contributed by atoms with Crippen LogP contribution in [0.4, 0.5) is 5.69 Å². The van der Waals surface area contributed by atoms with Crippen molar-refractivity contribution >= 4 is 11.6 Å². The van der Waals surface area contributed by atoms with Crippen LogP contribution in [0.3, 0.4) is 0 Å². The molecule has 0 radical (unpaired) electrons. The first kappa shape index (κ1) is 12.6. The molecule has 1 spiro atoms. The zero-order valence-electron chi connectivity index (χ0n) is 11.7. The molecule has 2 atom stereocenters. The maximum absolute atomic E-state index is 12.5. The van der Waals surface area contributed by atoms with E-state index in [-0.39, 0.29) is 11.9 Å². The highest BCUT2D eigenvalue weighted by molar-refractivity contribution is 6.05. The molecule has 2 aliphatic heterocycles. The topological polar surface area (TPSA) is 41.6 Å². The normalized spacial score (nSPS) is 27.9. The van der Waals surface area contributed by atoms with E-state index in [1.54, 1.807) is 5.06 Å². The van der Waals surface area contributed by atoms with Gasteiger partial charge in [0.15, 0.2) is 5.60 Å². The Hall–Kier alpha value is -2.17. The van der Waals surface area contributed by atoms with Crippen LogP contribution >= 0.6 is 0 Å². The summed E-state index contributed by atoms with van der Waals surface area (Å²) in [6.45, 7) is 0. The molecule has 0 bridgehead atoms. The van der Waals surface area contributed by atoms with Gasteiger partial charge in [-0.1, -0.05) is 48.5 Å². The third-order valence-corrected chi connectivity index (χ3v) is 4.38. The van der Waals surface area contributed by atoms with Gasteiger partial charge in [-0.15, -0.1) is 0 Å². The minimum Gasteiger partial charge on any atom is -0.323 e. The van der Waals surface area contributed by atoms with Crippen molar-refractivity contribution in [3.05, 3.63) is 65.7 Å². The monoisotopic (exact) mass is 280 g/mol. The highest BCUT2D eigenvalue weighted by atomic mass is 16.7. The molecule has 21 heavy (non-hydrogen) atoms. The number of fused-ring (bicyclic) bond motifs is 2. The van der Waals surface area contributed by atoms with Crippen LogP contribution in [0.25, 0.3) is 0 Å². The van der Waals surface area contributed by atoms with Crippen molar-refractivity contribution in [1.29, 1.82) is 0 Å². The van der Waals surface area contributed by atoms with Gasteiger partial charge in [0.25, 0.3) is 5.91 Å². The fourth-order valence-electron chi connectivity index (χ4n) is 3.33. The Morgan fingerprint density at radius 3 is 2.67 bits per heavy atom. The molecule has 106 valence electrons. The fourth-order valence-corrected chi connectivity index (χ4v) is 3.33. The fraction of sp³-hybridized carbons (Fsp3) is 0.235. The third-order valence-electron chi connectivity index (χ3n) is 4.38. The smallest absolute Gasteiger partial charge is 0.263 e. The van der Waals surface area contributed by atoms with Crippen LogP contribution in [-0.4, -0.2) is 18.0 Å². The first-order valence-electron chi connectivity index (χ1n) is 7.08. The molecule has 4 heteroatoms. The summed E-state index contributed by atoms with van der Waals surface area (Å²) in [7, 11) is 1.89.